The Labute approximate surface area is 156 Å². The Balaban J connectivity index is 1.55. The first-order chi connectivity index (χ1) is 13.1. The SMILES string of the molecule is CCOC(=O)c1ccc(OCC2CN(c3ccc(C=O)cc3)C(=O)O2)cc1. The number of esters is 1. The van der Waals surface area contributed by atoms with Gasteiger partial charge in [0, 0.05) is 11.3 Å². The van der Waals surface area contributed by atoms with Crippen LogP contribution in [0.1, 0.15) is 27.6 Å². The number of anilines is 1. The molecule has 0 saturated carbocycles. The highest BCUT2D eigenvalue weighted by Gasteiger charge is 2.32. The minimum Gasteiger partial charge on any atom is -0.490 e. The fourth-order valence-electron chi connectivity index (χ4n) is 2.64. The van der Waals surface area contributed by atoms with E-state index in [1.807, 2.05) is 0 Å². The van der Waals surface area contributed by atoms with Gasteiger partial charge in [0.15, 0.2) is 6.10 Å². The molecule has 1 fully saturated rings. The molecule has 1 unspecified atom stereocenters. The number of cyclic esters (lactones) is 1. The largest absolute Gasteiger partial charge is 0.490 e. The number of ether oxygens (including phenoxy) is 3. The van der Waals surface area contributed by atoms with Crippen LogP contribution in [-0.4, -0.2) is 44.2 Å². The van der Waals surface area contributed by atoms with Gasteiger partial charge in [-0.05, 0) is 55.5 Å². The summed E-state index contributed by atoms with van der Waals surface area (Å²) in [6, 6.07) is 13.3. The van der Waals surface area contributed by atoms with Crippen LogP contribution in [0.2, 0.25) is 0 Å². The van der Waals surface area contributed by atoms with E-state index in [-0.39, 0.29) is 12.6 Å². The molecular formula is C20H19NO6. The number of amides is 1. The van der Waals surface area contributed by atoms with Crippen molar-refractivity contribution < 1.29 is 28.6 Å². The smallest absolute Gasteiger partial charge is 0.414 e. The first kappa shape index (κ1) is 18.4. The van der Waals surface area contributed by atoms with Gasteiger partial charge < -0.3 is 14.2 Å². The van der Waals surface area contributed by atoms with Crippen molar-refractivity contribution in [3.63, 3.8) is 0 Å². The molecule has 7 nitrogen and oxygen atoms in total. The predicted octanol–water partition coefficient (Wildman–Crippen LogP) is 3.08. The molecule has 0 radical (unpaired) electrons. The number of aldehydes is 1. The lowest BCUT2D eigenvalue weighted by atomic mass is 10.2. The number of nitrogens with zero attached hydrogens (tertiary/aromatic N) is 1. The number of rotatable bonds is 7. The molecule has 0 aromatic heterocycles. The van der Waals surface area contributed by atoms with E-state index in [9.17, 15) is 14.4 Å². The van der Waals surface area contributed by atoms with Gasteiger partial charge in [0.2, 0.25) is 0 Å². The molecule has 1 saturated heterocycles. The first-order valence-electron chi connectivity index (χ1n) is 8.54. The Bertz CT molecular complexity index is 815. The molecule has 1 atom stereocenters. The molecule has 0 N–H and O–H groups in total. The summed E-state index contributed by atoms with van der Waals surface area (Å²) < 4.78 is 15.9. The summed E-state index contributed by atoms with van der Waals surface area (Å²) in [6.07, 6.45) is -0.135. The topological polar surface area (TPSA) is 82.1 Å². The quantitative estimate of drug-likeness (QED) is 0.551. The third kappa shape index (κ3) is 4.44. The van der Waals surface area contributed by atoms with Crippen LogP contribution in [0.4, 0.5) is 10.5 Å². The maximum absolute atomic E-state index is 12.1. The molecular weight excluding hydrogens is 350 g/mol. The van der Waals surface area contributed by atoms with Gasteiger partial charge in [-0.3, -0.25) is 9.69 Å². The van der Waals surface area contributed by atoms with Gasteiger partial charge >= 0.3 is 12.1 Å². The number of hydrogen-bond acceptors (Lipinski definition) is 6. The summed E-state index contributed by atoms with van der Waals surface area (Å²) in [5.74, 6) is 0.179. The van der Waals surface area contributed by atoms with E-state index in [1.165, 1.54) is 4.90 Å². The molecule has 1 aliphatic heterocycles. The second-order valence-electron chi connectivity index (χ2n) is 5.88. The highest BCUT2D eigenvalue weighted by atomic mass is 16.6. The normalized spacial score (nSPS) is 16.0. The van der Waals surface area contributed by atoms with Gasteiger partial charge in [0.05, 0.1) is 18.7 Å². The summed E-state index contributed by atoms with van der Waals surface area (Å²) in [4.78, 5) is 35.9. The third-order valence-electron chi connectivity index (χ3n) is 4.02. The van der Waals surface area contributed by atoms with Crippen LogP contribution in [0.5, 0.6) is 5.75 Å². The maximum Gasteiger partial charge on any atom is 0.414 e. The fraction of sp³-hybridized carbons (Fsp3) is 0.250. The fourth-order valence-corrected chi connectivity index (χ4v) is 2.64. The number of carbonyl (C=O) groups excluding carboxylic acids is 3. The first-order valence-corrected chi connectivity index (χ1v) is 8.54. The second-order valence-corrected chi connectivity index (χ2v) is 5.88. The lowest BCUT2D eigenvalue weighted by Gasteiger charge is -2.13. The van der Waals surface area contributed by atoms with Crippen LogP contribution in [0, 0.1) is 0 Å². The van der Waals surface area contributed by atoms with Crippen molar-refractivity contribution in [2.45, 2.75) is 13.0 Å². The molecule has 27 heavy (non-hydrogen) atoms. The Morgan fingerprint density at radius 1 is 1.19 bits per heavy atom. The molecule has 0 spiro atoms. The monoisotopic (exact) mass is 369 g/mol. The molecule has 3 rings (SSSR count). The standard InChI is InChI=1S/C20H19NO6/c1-2-25-19(23)15-5-9-17(10-6-15)26-13-18-11-21(20(24)27-18)16-7-3-14(12-22)4-8-16/h3-10,12,18H,2,11,13H2,1H3. The Kier molecular flexibility index (Phi) is 5.71. The van der Waals surface area contributed by atoms with Crippen molar-refractivity contribution >= 4 is 24.0 Å². The molecule has 1 amide bonds. The van der Waals surface area contributed by atoms with E-state index in [1.54, 1.807) is 55.5 Å². The number of carbonyl (C=O) groups is 3. The average molecular weight is 369 g/mol. The van der Waals surface area contributed by atoms with E-state index in [4.69, 9.17) is 14.2 Å². The lowest BCUT2D eigenvalue weighted by Crippen LogP contribution is -2.26. The zero-order valence-electron chi connectivity index (χ0n) is 14.8. The van der Waals surface area contributed by atoms with Crippen molar-refractivity contribution in [1.29, 1.82) is 0 Å². The van der Waals surface area contributed by atoms with Gasteiger partial charge in [-0.15, -0.1) is 0 Å². The van der Waals surface area contributed by atoms with E-state index in [0.29, 0.717) is 35.7 Å². The van der Waals surface area contributed by atoms with Crippen molar-refractivity contribution in [3.8, 4) is 5.75 Å². The molecule has 2 aromatic carbocycles. The van der Waals surface area contributed by atoms with E-state index >= 15 is 0 Å². The second kappa shape index (κ2) is 8.35. The summed E-state index contributed by atoms with van der Waals surface area (Å²) in [5, 5.41) is 0. The molecule has 0 aliphatic carbocycles. The molecule has 140 valence electrons. The van der Waals surface area contributed by atoms with E-state index in [0.717, 1.165) is 6.29 Å². The zero-order chi connectivity index (χ0) is 19.2. The summed E-state index contributed by atoms with van der Waals surface area (Å²) in [7, 11) is 0. The zero-order valence-corrected chi connectivity index (χ0v) is 14.8. The van der Waals surface area contributed by atoms with E-state index < -0.39 is 12.2 Å². The Morgan fingerprint density at radius 2 is 1.89 bits per heavy atom. The van der Waals surface area contributed by atoms with Crippen molar-refractivity contribution in [1.82, 2.24) is 0 Å². The molecule has 2 aromatic rings. The van der Waals surface area contributed by atoms with E-state index in [2.05, 4.69) is 0 Å². The van der Waals surface area contributed by atoms with Gasteiger partial charge in [-0.25, -0.2) is 9.59 Å². The molecule has 7 heteroatoms. The summed E-state index contributed by atoms with van der Waals surface area (Å²) >= 11 is 0. The van der Waals surface area contributed by atoms with Crippen LogP contribution in [0.3, 0.4) is 0 Å². The van der Waals surface area contributed by atoms with Crippen LogP contribution < -0.4 is 9.64 Å². The average Bonchev–Trinajstić information content (AvgIpc) is 3.07. The van der Waals surface area contributed by atoms with Crippen molar-refractivity contribution in [2.24, 2.45) is 0 Å². The van der Waals surface area contributed by atoms with Crippen LogP contribution >= 0.6 is 0 Å². The minimum absolute atomic E-state index is 0.188. The number of hydrogen-bond donors (Lipinski definition) is 0. The number of benzene rings is 2. The van der Waals surface area contributed by atoms with Crippen LogP contribution in [0.25, 0.3) is 0 Å². The molecule has 0 bridgehead atoms. The van der Waals surface area contributed by atoms with Crippen molar-refractivity contribution in [3.05, 3.63) is 59.7 Å². The van der Waals surface area contributed by atoms with Crippen molar-refractivity contribution in [2.75, 3.05) is 24.7 Å². The third-order valence-corrected chi connectivity index (χ3v) is 4.02. The minimum atomic E-state index is -0.458. The Morgan fingerprint density at radius 3 is 2.52 bits per heavy atom. The Hall–Kier alpha value is -3.35. The van der Waals surface area contributed by atoms with Gasteiger partial charge in [-0.1, -0.05) is 0 Å². The highest BCUT2D eigenvalue weighted by molar-refractivity contribution is 5.90. The maximum atomic E-state index is 12.1. The van der Waals surface area contributed by atoms with Crippen LogP contribution in [0.15, 0.2) is 48.5 Å². The molecule has 1 heterocycles. The van der Waals surface area contributed by atoms with Crippen LogP contribution in [-0.2, 0) is 9.47 Å². The predicted molar refractivity (Wildman–Crippen MR) is 97.3 cm³/mol. The van der Waals surface area contributed by atoms with Gasteiger partial charge in [-0.2, -0.15) is 0 Å². The molecule has 1 aliphatic rings. The lowest BCUT2D eigenvalue weighted by molar-refractivity contribution is 0.0526. The van der Waals surface area contributed by atoms with Gasteiger partial charge in [0.1, 0.15) is 18.6 Å². The highest BCUT2D eigenvalue weighted by Crippen LogP contribution is 2.22. The summed E-state index contributed by atoms with van der Waals surface area (Å²) in [6.45, 7) is 2.60. The summed E-state index contributed by atoms with van der Waals surface area (Å²) in [5.41, 5.74) is 1.64. The van der Waals surface area contributed by atoms with Gasteiger partial charge in [0.25, 0.3) is 0 Å².